The van der Waals surface area contributed by atoms with E-state index in [4.69, 9.17) is 9.47 Å². The first kappa shape index (κ1) is 17.8. The molecule has 0 saturated carbocycles. The van der Waals surface area contributed by atoms with Crippen LogP contribution in [0.3, 0.4) is 0 Å². The summed E-state index contributed by atoms with van der Waals surface area (Å²) in [5.41, 5.74) is 0.869. The molecular formula is C17H29NO3. The third kappa shape index (κ3) is 6.36. The minimum absolute atomic E-state index is 0.487. The lowest BCUT2D eigenvalue weighted by Gasteiger charge is -2.16. The molecule has 120 valence electrons. The summed E-state index contributed by atoms with van der Waals surface area (Å²) in [5.74, 6) is 2.05. The molecule has 0 aliphatic rings. The molecule has 1 aromatic carbocycles. The van der Waals surface area contributed by atoms with E-state index in [1.165, 1.54) is 0 Å². The third-order valence-electron chi connectivity index (χ3n) is 3.10. The first-order chi connectivity index (χ1) is 10.1. The maximum absolute atomic E-state index is 10.3. The summed E-state index contributed by atoms with van der Waals surface area (Å²) in [6.07, 6.45) is 0.200. The molecule has 0 radical (unpaired) electrons. The smallest absolute Gasteiger partial charge is 0.161 e. The van der Waals surface area contributed by atoms with Gasteiger partial charge in [-0.05, 0) is 57.0 Å². The fourth-order valence-electron chi connectivity index (χ4n) is 2.07. The number of ether oxygens (including phenoxy) is 2. The molecule has 4 heteroatoms. The number of nitrogens with one attached hydrogen (secondary N) is 1. The molecule has 0 aromatic heterocycles. The summed E-state index contributed by atoms with van der Waals surface area (Å²) < 4.78 is 11.1. The maximum Gasteiger partial charge on any atom is 0.161 e. The predicted octanol–water partition coefficient (Wildman–Crippen LogP) is 3.15. The first-order valence-electron chi connectivity index (χ1n) is 7.86. The molecule has 1 aromatic rings. The monoisotopic (exact) mass is 295 g/mol. The van der Waals surface area contributed by atoms with Gasteiger partial charge in [0.1, 0.15) is 0 Å². The van der Waals surface area contributed by atoms with E-state index in [2.05, 4.69) is 19.2 Å². The van der Waals surface area contributed by atoms with Crippen LogP contribution in [0.4, 0.5) is 0 Å². The Morgan fingerprint density at radius 3 is 2.38 bits per heavy atom. The Labute approximate surface area is 128 Å². The van der Waals surface area contributed by atoms with Crippen LogP contribution in [-0.4, -0.2) is 31.4 Å². The van der Waals surface area contributed by atoms with Crippen molar-refractivity contribution in [2.45, 2.75) is 40.2 Å². The Hall–Kier alpha value is -1.26. The lowest BCUT2D eigenvalue weighted by molar-refractivity contribution is 0.165. The summed E-state index contributed by atoms with van der Waals surface area (Å²) in [7, 11) is 0. The number of aliphatic hydroxyl groups excluding tert-OH is 1. The van der Waals surface area contributed by atoms with Crippen molar-refractivity contribution in [1.29, 1.82) is 0 Å². The van der Waals surface area contributed by atoms with Gasteiger partial charge in [-0.15, -0.1) is 0 Å². The van der Waals surface area contributed by atoms with Gasteiger partial charge >= 0.3 is 0 Å². The Kier molecular flexibility index (Phi) is 8.16. The zero-order valence-electron chi connectivity index (χ0n) is 13.7. The summed E-state index contributed by atoms with van der Waals surface area (Å²) in [6, 6.07) is 5.65. The Morgan fingerprint density at radius 1 is 1.10 bits per heavy atom. The van der Waals surface area contributed by atoms with Gasteiger partial charge in [0.15, 0.2) is 11.5 Å². The Balaban J connectivity index is 2.62. The van der Waals surface area contributed by atoms with E-state index in [0.29, 0.717) is 31.3 Å². The second-order valence-electron chi connectivity index (χ2n) is 5.47. The van der Waals surface area contributed by atoms with E-state index in [9.17, 15) is 5.11 Å². The molecule has 1 atom stereocenters. The highest BCUT2D eigenvalue weighted by molar-refractivity contribution is 5.43. The van der Waals surface area contributed by atoms with Gasteiger partial charge in [0, 0.05) is 0 Å². The fraction of sp³-hybridized carbons (Fsp3) is 0.647. The van der Waals surface area contributed by atoms with Crippen LogP contribution >= 0.6 is 0 Å². The Bertz CT molecular complexity index is 407. The van der Waals surface area contributed by atoms with Gasteiger partial charge in [-0.3, -0.25) is 0 Å². The second-order valence-corrected chi connectivity index (χ2v) is 5.47. The average Bonchev–Trinajstić information content (AvgIpc) is 2.45. The highest BCUT2D eigenvalue weighted by Crippen LogP contribution is 2.31. The number of aliphatic hydroxyl groups is 1. The lowest BCUT2D eigenvalue weighted by atomic mass is 10.1. The lowest BCUT2D eigenvalue weighted by Crippen LogP contribution is -2.22. The SMILES string of the molecule is CCOc1ccc(C(O)CCNCC(C)C)cc1OCC. The molecular weight excluding hydrogens is 266 g/mol. The van der Waals surface area contributed by atoms with Gasteiger partial charge < -0.3 is 19.9 Å². The number of rotatable bonds is 10. The van der Waals surface area contributed by atoms with Gasteiger partial charge in [0.25, 0.3) is 0 Å². The molecule has 21 heavy (non-hydrogen) atoms. The number of hydrogen-bond donors (Lipinski definition) is 2. The molecule has 0 fully saturated rings. The van der Waals surface area contributed by atoms with Gasteiger partial charge in [-0.2, -0.15) is 0 Å². The molecule has 0 bridgehead atoms. The van der Waals surface area contributed by atoms with E-state index in [0.717, 1.165) is 24.4 Å². The summed E-state index contributed by atoms with van der Waals surface area (Å²) in [6.45, 7) is 11.2. The maximum atomic E-state index is 10.3. The van der Waals surface area contributed by atoms with Gasteiger partial charge in [0.05, 0.1) is 19.3 Å². The summed E-state index contributed by atoms with van der Waals surface area (Å²) >= 11 is 0. The second kappa shape index (κ2) is 9.64. The van der Waals surface area contributed by atoms with Crippen molar-refractivity contribution in [1.82, 2.24) is 5.32 Å². The van der Waals surface area contributed by atoms with Crippen LogP contribution in [0.2, 0.25) is 0 Å². The highest BCUT2D eigenvalue weighted by atomic mass is 16.5. The van der Waals surface area contributed by atoms with Crippen LogP contribution in [0.25, 0.3) is 0 Å². The molecule has 0 saturated heterocycles. The molecule has 0 aliphatic heterocycles. The van der Waals surface area contributed by atoms with E-state index in [1.54, 1.807) is 0 Å². The minimum Gasteiger partial charge on any atom is -0.490 e. The van der Waals surface area contributed by atoms with Crippen LogP contribution in [0.15, 0.2) is 18.2 Å². The van der Waals surface area contributed by atoms with E-state index in [-0.39, 0.29) is 0 Å². The van der Waals surface area contributed by atoms with Crippen molar-refractivity contribution in [3.8, 4) is 11.5 Å². The van der Waals surface area contributed by atoms with Crippen molar-refractivity contribution in [2.24, 2.45) is 5.92 Å². The molecule has 1 rings (SSSR count). The molecule has 2 N–H and O–H groups in total. The van der Waals surface area contributed by atoms with Crippen molar-refractivity contribution in [3.05, 3.63) is 23.8 Å². The van der Waals surface area contributed by atoms with Crippen LogP contribution in [0.1, 0.15) is 45.8 Å². The van der Waals surface area contributed by atoms with Crippen LogP contribution in [-0.2, 0) is 0 Å². The number of hydrogen-bond acceptors (Lipinski definition) is 4. The van der Waals surface area contributed by atoms with Gasteiger partial charge in [-0.25, -0.2) is 0 Å². The molecule has 1 unspecified atom stereocenters. The number of benzene rings is 1. The van der Waals surface area contributed by atoms with E-state index >= 15 is 0 Å². The third-order valence-corrected chi connectivity index (χ3v) is 3.10. The summed E-state index contributed by atoms with van der Waals surface area (Å²) in [4.78, 5) is 0. The van der Waals surface area contributed by atoms with Crippen molar-refractivity contribution in [3.63, 3.8) is 0 Å². The topological polar surface area (TPSA) is 50.7 Å². The minimum atomic E-state index is -0.487. The van der Waals surface area contributed by atoms with Crippen molar-refractivity contribution < 1.29 is 14.6 Å². The molecule has 0 spiro atoms. The largest absolute Gasteiger partial charge is 0.490 e. The molecule has 0 amide bonds. The molecule has 4 nitrogen and oxygen atoms in total. The Morgan fingerprint density at radius 2 is 1.76 bits per heavy atom. The van der Waals surface area contributed by atoms with Crippen LogP contribution in [0, 0.1) is 5.92 Å². The van der Waals surface area contributed by atoms with Crippen molar-refractivity contribution in [2.75, 3.05) is 26.3 Å². The van der Waals surface area contributed by atoms with Gasteiger partial charge in [0.2, 0.25) is 0 Å². The fourth-order valence-corrected chi connectivity index (χ4v) is 2.07. The molecule has 0 heterocycles. The van der Waals surface area contributed by atoms with E-state index in [1.807, 2.05) is 32.0 Å². The predicted molar refractivity (Wildman–Crippen MR) is 86.1 cm³/mol. The van der Waals surface area contributed by atoms with Crippen LogP contribution in [0.5, 0.6) is 11.5 Å². The van der Waals surface area contributed by atoms with Crippen LogP contribution < -0.4 is 14.8 Å². The zero-order valence-corrected chi connectivity index (χ0v) is 13.7. The standard InChI is InChI=1S/C17H29NO3/c1-5-20-16-8-7-14(11-17(16)21-6-2)15(19)9-10-18-12-13(3)4/h7-8,11,13,15,18-19H,5-6,9-10,12H2,1-4H3. The normalized spacial score (nSPS) is 12.5. The average molecular weight is 295 g/mol. The summed E-state index contributed by atoms with van der Waals surface area (Å²) in [5, 5.41) is 13.6. The van der Waals surface area contributed by atoms with Gasteiger partial charge in [-0.1, -0.05) is 19.9 Å². The quantitative estimate of drug-likeness (QED) is 0.651. The van der Waals surface area contributed by atoms with Crippen molar-refractivity contribution >= 4 is 0 Å². The van der Waals surface area contributed by atoms with E-state index < -0.39 is 6.10 Å². The highest BCUT2D eigenvalue weighted by Gasteiger charge is 2.12. The first-order valence-corrected chi connectivity index (χ1v) is 7.86. The zero-order chi connectivity index (χ0) is 15.7. The molecule has 0 aliphatic carbocycles.